The number of hydrogen-bond acceptors (Lipinski definition) is 24. The molecule has 5 rings (SSSR count). The molecule has 15 N–H and O–H groups in total. The van der Waals surface area contributed by atoms with E-state index in [2.05, 4.69) is 5.32 Å². The largest absolute Gasteiger partial charge is 0.394 e. The van der Waals surface area contributed by atoms with Gasteiger partial charge in [0.2, 0.25) is 5.91 Å². The highest BCUT2D eigenvalue weighted by molar-refractivity contribution is 5.73. The first-order valence-corrected chi connectivity index (χ1v) is 18.3. The number of nitrogens with one attached hydrogen (secondary N) is 1. The monoisotopic (exact) mass is 837 g/mol. The van der Waals surface area contributed by atoms with Gasteiger partial charge in [-0.25, -0.2) is 0 Å². The molecule has 0 bridgehead atoms. The third kappa shape index (κ3) is 9.71. The molecule has 0 saturated carbocycles. The normalized spacial score (nSPS) is 52.3. The van der Waals surface area contributed by atoms with Crippen LogP contribution in [0.3, 0.4) is 0 Å². The second-order valence-electron chi connectivity index (χ2n) is 14.7. The van der Waals surface area contributed by atoms with Crippen LogP contribution in [0.2, 0.25) is 0 Å². The van der Waals surface area contributed by atoms with Gasteiger partial charge in [0, 0.05) is 6.92 Å². The molecule has 1 amide bonds. The van der Waals surface area contributed by atoms with Crippen LogP contribution in [0, 0.1) is 0 Å². The molecule has 5 saturated heterocycles. The van der Waals surface area contributed by atoms with Crippen molar-refractivity contribution in [1.29, 1.82) is 0 Å². The van der Waals surface area contributed by atoms with Crippen LogP contribution in [0.4, 0.5) is 0 Å². The molecule has 0 aromatic rings. The molecular weight excluding hydrogens is 782 g/mol. The number of rotatable bonds is 12. The number of carbonyl (C=O) groups is 1. The maximum atomic E-state index is 12.1. The van der Waals surface area contributed by atoms with Crippen LogP contribution in [-0.2, 0) is 47.4 Å². The predicted molar refractivity (Wildman–Crippen MR) is 175 cm³/mol. The van der Waals surface area contributed by atoms with Gasteiger partial charge in [-0.1, -0.05) is 0 Å². The number of aliphatic hydroxyl groups is 14. The topological polar surface area (TPSA) is 395 Å². The van der Waals surface area contributed by atoms with Crippen LogP contribution >= 0.6 is 0 Å². The fraction of sp³-hybridized carbons (Fsp3) is 0.969. The van der Waals surface area contributed by atoms with Gasteiger partial charge in [0.15, 0.2) is 31.5 Å². The van der Waals surface area contributed by atoms with E-state index in [9.17, 15) is 76.3 Å². The number of hydrogen-bond donors (Lipinski definition) is 15. The van der Waals surface area contributed by atoms with E-state index in [0.29, 0.717) is 0 Å². The van der Waals surface area contributed by atoms with Gasteiger partial charge < -0.3 is 119 Å². The standard InChI is InChI=1S/C32H55NO24/c1-7-14(38)19(43)21(45)29(49-7)55-25-17(41)11(5-35)52-31(23(25)47)56-26-18(42)12(6-36)53-32(27(26)57-30-22(46)20(44)15(39)8(2)50-30)54-24-13(33-9(3)37)28(48)51-10(4-34)16(24)40/h7-8,10-32,34-36,38-48H,4-6H2,1-3H3,(H,33,37)/t7-,8+,10-,11-,12-,13-,14+,15-,16+,17-,18+,19-,20-,21-,22+,23+,24-,25+,26+,27-,28?,29?,30+,31?,32?/m1/s1. The van der Waals surface area contributed by atoms with Gasteiger partial charge in [0.1, 0.15) is 110 Å². The number of aliphatic hydroxyl groups excluding tert-OH is 14. The summed E-state index contributed by atoms with van der Waals surface area (Å²) < 4.78 is 51.4. The summed E-state index contributed by atoms with van der Waals surface area (Å²) in [6.07, 6.45) is -42.8. The molecule has 57 heavy (non-hydrogen) atoms. The van der Waals surface area contributed by atoms with Crippen LogP contribution < -0.4 is 5.32 Å². The van der Waals surface area contributed by atoms with Crippen LogP contribution in [0.25, 0.3) is 0 Å². The predicted octanol–water partition coefficient (Wildman–Crippen LogP) is -9.73. The van der Waals surface area contributed by atoms with E-state index in [4.69, 9.17) is 42.6 Å². The summed E-state index contributed by atoms with van der Waals surface area (Å²) in [5.74, 6) is -0.736. The summed E-state index contributed by atoms with van der Waals surface area (Å²) in [6, 6.07) is -1.58. The van der Waals surface area contributed by atoms with E-state index in [1.807, 2.05) is 0 Å². The Labute approximate surface area is 324 Å². The summed E-state index contributed by atoms with van der Waals surface area (Å²) in [5.41, 5.74) is 0. The van der Waals surface area contributed by atoms with Gasteiger partial charge in [-0.2, -0.15) is 0 Å². The lowest BCUT2D eigenvalue weighted by atomic mass is 9.94. The van der Waals surface area contributed by atoms with E-state index in [1.54, 1.807) is 0 Å². The Kier molecular flexibility index (Phi) is 16.0. The lowest BCUT2D eigenvalue weighted by molar-refractivity contribution is -0.405. The molecule has 25 nitrogen and oxygen atoms in total. The molecule has 25 atom stereocenters. The molecule has 5 aliphatic heterocycles. The molecule has 0 aromatic heterocycles. The van der Waals surface area contributed by atoms with Crippen LogP contribution in [-0.4, -0.2) is 251 Å². The Hall–Kier alpha value is -1.45. The smallest absolute Gasteiger partial charge is 0.217 e. The zero-order valence-corrected chi connectivity index (χ0v) is 30.9. The zero-order valence-electron chi connectivity index (χ0n) is 30.9. The third-order valence-electron chi connectivity index (χ3n) is 10.6. The van der Waals surface area contributed by atoms with Crippen LogP contribution in [0.1, 0.15) is 20.8 Å². The summed E-state index contributed by atoms with van der Waals surface area (Å²) in [5, 5.41) is 151. The second-order valence-corrected chi connectivity index (χ2v) is 14.7. The first kappa shape index (κ1) is 46.6. The van der Waals surface area contributed by atoms with Crippen molar-refractivity contribution in [3.63, 3.8) is 0 Å². The van der Waals surface area contributed by atoms with E-state index >= 15 is 0 Å². The van der Waals surface area contributed by atoms with Crippen molar-refractivity contribution in [1.82, 2.24) is 5.32 Å². The quantitative estimate of drug-likeness (QED) is 0.0867. The van der Waals surface area contributed by atoms with Gasteiger partial charge in [-0.15, -0.1) is 0 Å². The highest BCUT2D eigenvalue weighted by Crippen LogP contribution is 2.37. The SMILES string of the molecule is CC(=O)N[C@H]1C(O)O[C@H](CO)[C@H](O)[C@@H]1OC1O[C@H](CO)[C@H](O)[C@H](OC2O[C@H](CO)[C@@H](O)[C@H](OC3O[C@H](C)[C@H](O)[C@@H](O)[C@H]3O)[C@@H]2O)[C@H]1O[C@@H]1O[C@@H](C)[C@@H](O)[C@@H](O)[C@@H]1O. The lowest BCUT2D eigenvalue weighted by Crippen LogP contribution is -2.70. The van der Waals surface area contributed by atoms with Gasteiger partial charge in [0.05, 0.1) is 32.0 Å². The Balaban J connectivity index is 1.50. The van der Waals surface area contributed by atoms with Crippen LogP contribution in [0.15, 0.2) is 0 Å². The molecule has 0 aromatic carbocycles. The minimum Gasteiger partial charge on any atom is -0.394 e. The first-order chi connectivity index (χ1) is 26.8. The van der Waals surface area contributed by atoms with Crippen molar-refractivity contribution in [3.05, 3.63) is 0 Å². The van der Waals surface area contributed by atoms with Crippen LogP contribution in [0.5, 0.6) is 0 Å². The fourth-order valence-corrected chi connectivity index (χ4v) is 7.28. The lowest BCUT2D eigenvalue weighted by Gasteiger charge is -2.51. The second kappa shape index (κ2) is 19.5. The maximum Gasteiger partial charge on any atom is 0.217 e. The molecule has 0 spiro atoms. The Morgan fingerprint density at radius 3 is 1.33 bits per heavy atom. The minimum atomic E-state index is -2.11. The Bertz CT molecular complexity index is 1290. The molecule has 0 aliphatic carbocycles. The third-order valence-corrected chi connectivity index (χ3v) is 10.6. The average Bonchev–Trinajstić information content (AvgIpc) is 3.17. The molecule has 5 heterocycles. The molecule has 0 radical (unpaired) electrons. The molecule has 4 unspecified atom stereocenters. The van der Waals surface area contributed by atoms with Crippen molar-refractivity contribution in [3.8, 4) is 0 Å². The van der Waals surface area contributed by atoms with Gasteiger partial charge in [-0.3, -0.25) is 4.79 Å². The summed E-state index contributed by atoms with van der Waals surface area (Å²) >= 11 is 0. The van der Waals surface area contributed by atoms with Crippen molar-refractivity contribution in [2.24, 2.45) is 0 Å². The van der Waals surface area contributed by atoms with E-state index < -0.39 is 179 Å². The molecule has 5 aliphatic rings. The van der Waals surface area contributed by atoms with E-state index in [-0.39, 0.29) is 0 Å². The molecule has 25 heteroatoms. The Morgan fingerprint density at radius 1 is 0.456 bits per heavy atom. The maximum absolute atomic E-state index is 12.1. The van der Waals surface area contributed by atoms with Gasteiger partial charge in [-0.05, 0) is 13.8 Å². The van der Waals surface area contributed by atoms with E-state index in [0.717, 1.165) is 6.92 Å². The summed E-state index contributed by atoms with van der Waals surface area (Å²) in [6.45, 7) is 0.943. The minimum absolute atomic E-state index is 0.736. The molecule has 332 valence electrons. The number of carbonyl (C=O) groups excluding carboxylic acids is 1. The summed E-state index contributed by atoms with van der Waals surface area (Å²) in [4.78, 5) is 12.1. The highest BCUT2D eigenvalue weighted by atomic mass is 16.8. The average molecular weight is 838 g/mol. The van der Waals surface area contributed by atoms with Crippen molar-refractivity contribution >= 4 is 5.91 Å². The number of ether oxygens (including phenoxy) is 9. The van der Waals surface area contributed by atoms with E-state index in [1.165, 1.54) is 13.8 Å². The first-order valence-electron chi connectivity index (χ1n) is 18.3. The van der Waals surface area contributed by atoms with Crippen molar-refractivity contribution in [2.75, 3.05) is 19.8 Å². The van der Waals surface area contributed by atoms with Crippen molar-refractivity contribution < 1.29 is 119 Å². The molecular formula is C32H55NO24. The van der Waals surface area contributed by atoms with Gasteiger partial charge >= 0.3 is 0 Å². The molecule has 5 fully saturated rings. The highest BCUT2D eigenvalue weighted by Gasteiger charge is 2.57. The zero-order chi connectivity index (χ0) is 42.2. The Morgan fingerprint density at radius 2 is 0.842 bits per heavy atom. The summed E-state index contributed by atoms with van der Waals surface area (Å²) in [7, 11) is 0. The fourth-order valence-electron chi connectivity index (χ4n) is 7.28. The number of amides is 1. The van der Waals surface area contributed by atoms with Crippen molar-refractivity contribution in [2.45, 2.75) is 174 Å². The van der Waals surface area contributed by atoms with Gasteiger partial charge in [0.25, 0.3) is 0 Å².